The molecule has 1 aromatic carbocycles. The Hall–Kier alpha value is -0.990. The van der Waals surface area contributed by atoms with Gasteiger partial charge in [-0.1, -0.05) is 30.3 Å². The van der Waals surface area contributed by atoms with E-state index >= 15 is 0 Å². The fourth-order valence-electron chi connectivity index (χ4n) is 4.28. The average molecular weight is 473 g/mol. The molecule has 3 rings (SSSR count). The van der Waals surface area contributed by atoms with Crippen LogP contribution in [0.2, 0.25) is 0 Å². The number of halogens is 1. The molecule has 4 unspecified atom stereocenters. The molecule has 2 fully saturated rings. The summed E-state index contributed by atoms with van der Waals surface area (Å²) in [5.41, 5.74) is 1.16. The average Bonchev–Trinajstić information content (AvgIpc) is 2.61. The Balaban J connectivity index is 0.00000243. The fourth-order valence-corrected chi connectivity index (χ4v) is 4.28. The molecule has 4 atom stereocenters. The van der Waals surface area contributed by atoms with Crippen LogP contribution < -0.4 is 24.0 Å². The molecule has 0 amide bonds. The predicted molar refractivity (Wildman–Crippen MR) is 93.7 cm³/mol. The van der Waals surface area contributed by atoms with E-state index in [1.807, 2.05) is 18.2 Å². The van der Waals surface area contributed by atoms with Gasteiger partial charge in [0.25, 0.3) is 0 Å². The van der Waals surface area contributed by atoms with E-state index in [0.717, 1.165) is 29.4 Å². The number of benzene rings is 1. The first kappa shape index (κ1) is 21.3. The maximum Gasteiger partial charge on any atom is 0.322 e. The molecule has 0 aromatic heterocycles. The van der Waals surface area contributed by atoms with Crippen molar-refractivity contribution >= 4 is 11.8 Å². The van der Waals surface area contributed by atoms with Crippen LogP contribution in [0, 0.1) is 11.8 Å². The van der Waals surface area contributed by atoms with Gasteiger partial charge in [-0.2, -0.15) is 0 Å². The van der Waals surface area contributed by atoms with Crippen LogP contribution in [0.1, 0.15) is 25.3 Å². The Labute approximate surface area is 172 Å². The number of nitrogens with zero attached hydrogens (tertiary/aromatic N) is 1. The topological polar surface area (TPSA) is 52.6 Å². The molecule has 144 valence electrons. The molecular weight excluding hydrogens is 445 g/mol. The van der Waals surface area contributed by atoms with Gasteiger partial charge in [-0.3, -0.25) is 9.59 Å². The van der Waals surface area contributed by atoms with Crippen LogP contribution in [0.4, 0.5) is 0 Å². The van der Waals surface area contributed by atoms with Gasteiger partial charge in [0.05, 0.1) is 45.9 Å². The minimum Gasteiger partial charge on any atom is -1.00 e. The molecule has 0 N–H and O–H groups in total. The van der Waals surface area contributed by atoms with Crippen molar-refractivity contribution in [1.29, 1.82) is 0 Å². The van der Waals surface area contributed by atoms with Crippen molar-refractivity contribution in [3.8, 4) is 0 Å². The number of hydrogen-bond donors (Lipinski definition) is 0. The van der Waals surface area contributed by atoms with E-state index in [4.69, 9.17) is 9.47 Å². The summed E-state index contributed by atoms with van der Waals surface area (Å²) in [6.07, 6.45) is 1.82. The van der Waals surface area contributed by atoms with Crippen molar-refractivity contribution in [3.05, 3.63) is 35.9 Å². The smallest absolute Gasteiger partial charge is 0.322 e. The van der Waals surface area contributed by atoms with Crippen LogP contribution in [0.15, 0.2) is 30.3 Å². The van der Waals surface area contributed by atoms with Crippen LogP contribution in [-0.2, 0) is 25.7 Å². The second-order valence-corrected chi connectivity index (χ2v) is 7.48. The number of ketones is 1. The molecule has 2 heterocycles. The Morgan fingerprint density at radius 1 is 1.19 bits per heavy atom. The summed E-state index contributed by atoms with van der Waals surface area (Å²) in [4.78, 5) is 24.8. The third-order valence-corrected chi connectivity index (χ3v) is 5.71. The zero-order valence-electron chi connectivity index (χ0n) is 15.5. The molecule has 0 spiro atoms. The zero-order valence-corrected chi connectivity index (χ0v) is 17.7. The lowest BCUT2D eigenvalue weighted by Gasteiger charge is -2.51. The number of carbonyl (C=O) groups excluding carboxylic acids is 2. The number of ether oxygens (including phenoxy) is 2. The summed E-state index contributed by atoms with van der Waals surface area (Å²) >= 11 is 0. The van der Waals surface area contributed by atoms with Gasteiger partial charge in [-0.05, 0) is 18.9 Å². The summed E-state index contributed by atoms with van der Waals surface area (Å²) in [5.74, 6) is -0.899. The van der Waals surface area contributed by atoms with E-state index in [0.29, 0.717) is 32.4 Å². The van der Waals surface area contributed by atoms with Gasteiger partial charge in [0.1, 0.15) is 6.04 Å². The van der Waals surface area contributed by atoms with E-state index in [1.54, 1.807) is 6.92 Å². The number of Topliss-reactive ketones (excluding diaryl/α,β-unsaturated/α-hetero) is 1. The van der Waals surface area contributed by atoms with E-state index in [-0.39, 0.29) is 41.6 Å². The molecular formula is C20H28INO4. The van der Waals surface area contributed by atoms with Crippen molar-refractivity contribution in [2.45, 2.75) is 32.4 Å². The van der Waals surface area contributed by atoms with Crippen LogP contribution in [-0.4, -0.2) is 55.6 Å². The van der Waals surface area contributed by atoms with Crippen molar-refractivity contribution in [3.63, 3.8) is 0 Å². The van der Waals surface area contributed by atoms with Crippen molar-refractivity contribution in [1.82, 2.24) is 0 Å². The molecule has 5 nitrogen and oxygen atoms in total. The van der Waals surface area contributed by atoms with Gasteiger partial charge >= 0.3 is 5.97 Å². The largest absolute Gasteiger partial charge is 1.00 e. The number of likely N-dealkylation sites (N-methyl/N-ethyl adjacent to an activating group) is 1. The summed E-state index contributed by atoms with van der Waals surface area (Å²) in [7, 11) is 2.15. The Morgan fingerprint density at radius 2 is 1.92 bits per heavy atom. The standard InChI is InChI=1S/C20H28NO4.HI/c1-3-25-20(23)18-12-21(2)11-16(19(18)22)9-10-17(21)14-24-13-15-7-5-4-6-8-15;/h4-8,16-18H,3,9-14H2,1-2H3;1H/q+1;/p-1. The first-order valence-electron chi connectivity index (χ1n) is 9.19. The Morgan fingerprint density at radius 3 is 2.62 bits per heavy atom. The van der Waals surface area contributed by atoms with Gasteiger partial charge in [0.15, 0.2) is 11.7 Å². The lowest BCUT2D eigenvalue weighted by atomic mass is 9.77. The molecule has 2 aliphatic rings. The first-order chi connectivity index (χ1) is 12.0. The summed E-state index contributed by atoms with van der Waals surface area (Å²) < 4.78 is 11.8. The number of quaternary nitrogens is 1. The van der Waals surface area contributed by atoms with Crippen LogP contribution in [0.25, 0.3) is 0 Å². The highest BCUT2D eigenvalue weighted by atomic mass is 127. The lowest BCUT2D eigenvalue weighted by molar-refractivity contribution is -0.945. The van der Waals surface area contributed by atoms with Crippen LogP contribution in [0.5, 0.6) is 0 Å². The quantitative estimate of drug-likeness (QED) is 0.235. The Bertz CT molecular complexity index is 623. The number of hydrogen-bond acceptors (Lipinski definition) is 4. The van der Waals surface area contributed by atoms with Gasteiger partial charge in [0.2, 0.25) is 0 Å². The molecule has 0 aliphatic carbocycles. The van der Waals surface area contributed by atoms with Crippen molar-refractivity contribution in [2.75, 3.05) is 33.4 Å². The Kier molecular flexibility index (Phi) is 7.61. The van der Waals surface area contributed by atoms with Gasteiger partial charge < -0.3 is 37.9 Å². The number of fused-ring (bicyclic) bond motifs is 2. The lowest BCUT2D eigenvalue weighted by Crippen LogP contribution is -3.00. The van der Waals surface area contributed by atoms with Gasteiger partial charge in [-0.15, -0.1) is 0 Å². The van der Waals surface area contributed by atoms with E-state index in [2.05, 4.69) is 19.2 Å². The van der Waals surface area contributed by atoms with E-state index in [9.17, 15) is 9.59 Å². The molecule has 1 aromatic rings. The number of carbonyl (C=O) groups is 2. The molecule has 2 bridgehead atoms. The maximum atomic E-state index is 12.6. The van der Waals surface area contributed by atoms with E-state index < -0.39 is 5.92 Å². The maximum absolute atomic E-state index is 12.6. The van der Waals surface area contributed by atoms with Crippen LogP contribution >= 0.6 is 0 Å². The highest BCUT2D eigenvalue weighted by molar-refractivity contribution is 6.00. The van der Waals surface area contributed by atoms with Crippen molar-refractivity contribution < 1.29 is 47.5 Å². The SMILES string of the molecule is CCOC(=O)C1C[N+]2(C)CC(CCC2COCc2ccccc2)C1=O.[I-]. The fraction of sp³-hybridized carbons (Fsp3) is 0.600. The van der Waals surface area contributed by atoms with E-state index in [1.165, 1.54) is 0 Å². The highest BCUT2D eigenvalue weighted by Crippen LogP contribution is 2.36. The molecule has 0 saturated carbocycles. The second kappa shape index (κ2) is 9.28. The summed E-state index contributed by atoms with van der Waals surface area (Å²) in [6.45, 7) is 4.70. The third kappa shape index (κ3) is 4.64. The summed E-state index contributed by atoms with van der Waals surface area (Å²) in [6, 6.07) is 10.5. The normalized spacial score (nSPS) is 30.4. The number of esters is 1. The van der Waals surface area contributed by atoms with Gasteiger partial charge in [-0.25, -0.2) is 0 Å². The molecule has 2 aliphatic heterocycles. The summed E-state index contributed by atoms with van der Waals surface area (Å²) in [5, 5.41) is 0. The van der Waals surface area contributed by atoms with Gasteiger partial charge in [0, 0.05) is 6.42 Å². The van der Waals surface area contributed by atoms with Crippen molar-refractivity contribution in [2.24, 2.45) is 11.8 Å². The molecule has 2 saturated heterocycles. The third-order valence-electron chi connectivity index (χ3n) is 5.71. The molecule has 6 heteroatoms. The molecule has 0 radical (unpaired) electrons. The number of piperidine rings is 2. The first-order valence-corrected chi connectivity index (χ1v) is 9.19. The predicted octanol–water partition coefficient (Wildman–Crippen LogP) is -0.806. The number of rotatable bonds is 6. The minimum atomic E-state index is -0.611. The van der Waals surface area contributed by atoms with Crippen LogP contribution in [0.3, 0.4) is 0 Å². The minimum absolute atomic E-state index is 0. The monoisotopic (exact) mass is 473 g/mol. The highest BCUT2D eigenvalue weighted by Gasteiger charge is 2.52. The molecule has 26 heavy (non-hydrogen) atoms. The zero-order chi connectivity index (χ0) is 17.9. The second-order valence-electron chi connectivity index (χ2n) is 7.48.